The summed E-state index contributed by atoms with van der Waals surface area (Å²) in [4.78, 5) is 4.43. The maximum absolute atomic E-state index is 6.17. The predicted octanol–water partition coefficient (Wildman–Crippen LogP) is 5.52. The van der Waals surface area contributed by atoms with Gasteiger partial charge in [-0.1, -0.05) is 41.7 Å². The molecule has 0 atom stereocenters. The number of aryl methyl sites for hydroxylation is 1. The molecule has 2 aromatic rings. The second-order valence-electron chi connectivity index (χ2n) is 3.33. The van der Waals surface area contributed by atoms with Crippen LogP contribution >= 0.6 is 50.7 Å². The third-order valence-corrected chi connectivity index (χ3v) is 4.33. The zero-order valence-corrected chi connectivity index (χ0v) is 12.2. The molecule has 0 aliphatic heterocycles. The van der Waals surface area contributed by atoms with Gasteiger partial charge in [0, 0.05) is 15.6 Å². The molecule has 0 bridgehead atoms. The maximum atomic E-state index is 6.17. The summed E-state index contributed by atoms with van der Waals surface area (Å²) in [5, 5.41) is 2.34. The smallest absolute Gasteiger partial charge is 0.0922 e. The Hall–Kier alpha value is -0.0200. The Balaban J connectivity index is 2.90. The van der Waals surface area contributed by atoms with E-state index < -0.39 is 0 Å². The van der Waals surface area contributed by atoms with E-state index in [0.29, 0.717) is 20.6 Å². The molecule has 1 nitrogen and oxygen atoms in total. The SMILES string of the molecule is CCc1cc(Cl)c2cc(Br)c(Cl)c(Cl)c2n1. The van der Waals surface area contributed by atoms with Crippen LogP contribution in [0.2, 0.25) is 15.1 Å². The van der Waals surface area contributed by atoms with Gasteiger partial charge in [-0.2, -0.15) is 0 Å². The molecule has 5 heteroatoms. The minimum absolute atomic E-state index is 0.434. The van der Waals surface area contributed by atoms with Gasteiger partial charge in [0.2, 0.25) is 0 Å². The van der Waals surface area contributed by atoms with Crippen molar-refractivity contribution in [2.45, 2.75) is 13.3 Å². The first-order valence-electron chi connectivity index (χ1n) is 4.67. The van der Waals surface area contributed by atoms with Crippen LogP contribution in [-0.4, -0.2) is 4.98 Å². The summed E-state index contributed by atoms with van der Waals surface area (Å²) in [5.74, 6) is 0. The third-order valence-electron chi connectivity index (χ3n) is 2.30. The van der Waals surface area contributed by atoms with E-state index in [9.17, 15) is 0 Å². The number of hydrogen-bond donors (Lipinski definition) is 0. The van der Waals surface area contributed by atoms with Crippen LogP contribution in [-0.2, 0) is 6.42 Å². The summed E-state index contributed by atoms with van der Waals surface area (Å²) in [6.45, 7) is 2.01. The monoisotopic (exact) mass is 337 g/mol. The molecule has 0 fully saturated rings. The highest BCUT2D eigenvalue weighted by atomic mass is 79.9. The number of benzene rings is 1. The molecular formula is C11H7BrCl3N. The lowest BCUT2D eigenvalue weighted by Crippen LogP contribution is -1.90. The summed E-state index contributed by atoms with van der Waals surface area (Å²) in [6, 6.07) is 3.68. The van der Waals surface area contributed by atoms with Gasteiger partial charge in [-0.3, -0.25) is 4.98 Å². The molecule has 0 aliphatic carbocycles. The van der Waals surface area contributed by atoms with Crippen molar-refractivity contribution in [2.75, 3.05) is 0 Å². The number of halogens is 4. The van der Waals surface area contributed by atoms with Crippen LogP contribution in [0.15, 0.2) is 16.6 Å². The van der Waals surface area contributed by atoms with Crippen LogP contribution in [0.25, 0.3) is 10.9 Å². The Morgan fingerprint density at radius 3 is 2.50 bits per heavy atom. The van der Waals surface area contributed by atoms with E-state index in [1.54, 1.807) is 0 Å². The van der Waals surface area contributed by atoms with Crippen molar-refractivity contribution < 1.29 is 0 Å². The number of rotatable bonds is 1. The van der Waals surface area contributed by atoms with E-state index in [-0.39, 0.29) is 0 Å². The molecule has 0 radical (unpaired) electrons. The highest BCUT2D eigenvalue weighted by Crippen LogP contribution is 2.38. The van der Waals surface area contributed by atoms with Gasteiger partial charge in [0.05, 0.1) is 20.6 Å². The maximum Gasteiger partial charge on any atom is 0.0922 e. The van der Waals surface area contributed by atoms with Gasteiger partial charge < -0.3 is 0 Å². The molecular weight excluding hydrogens is 332 g/mol. The van der Waals surface area contributed by atoms with Gasteiger partial charge in [-0.15, -0.1) is 0 Å². The summed E-state index contributed by atoms with van der Waals surface area (Å²) in [7, 11) is 0. The van der Waals surface area contributed by atoms with E-state index >= 15 is 0 Å². The Labute approximate surface area is 117 Å². The van der Waals surface area contributed by atoms with Crippen molar-refractivity contribution in [3.63, 3.8) is 0 Å². The van der Waals surface area contributed by atoms with E-state index in [1.807, 2.05) is 19.1 Å². The van der Waals surface area contributed by atoms with Crippen molar-refractivity contribution in [1.82, 2.24) is 4.98 Å². The van der Waals surface area contributed by atoms with Gasteiger partial charge in [-0.05, 0) is 34.5 Å². The molecule has 2 rings (SSSR count). The lowest BCUT2D eigenvalue weighted by atomic mass is 10.2. The van der Waals surface area contributed by atoms with Crippen molar-refractivity contribution in [2.24, 2.45) is 0 Å². The molecule has 0 saturated heterocycles. The van der Waals surface area contributed by atoms with E-state index in [2.05, 4.69) is 20.9 Å². The molecule has 0 saturated carbocycles. The second-order valence-corrected chi connectivity index (χ2v) is 5.35. The molecule has 0 N–H and O–H groups in total. The summed E-state index contributed by atoms with van der Waals surface area (Å²) >= 11 is 21.7. The van der Waals surface area contributed by atoms with Crippen LogP contribution in [0.1, 0.15) is 12.6 Å². The van der Waals surface area contributed by atoms with Crippen LogP contribution < -0.4 is 0 Å². The standard InChI is InChI=1S/C11H7BrCl3N/c1-2-5-3-8(13)6-4-7(12)9(14)10(15)11(6)16-5/h3-4H,2H2,1H3. The first kappa shape index (κ1) is 12.4. The number of fused-ring (bicyclic) bond motifs is 1. The van der Waals surface area contributed by atoms with Crippen LogP contribution in [0, 0.1) is 0 Å². The topological polar surface area (TPSA) is 12.9 Å². The van der Waals surface area contributed by atoms with Crippen LogP contribution in [0.5, 0.6) is 0 Å². The number of nitrogens with zero attached hydrogens (tertiary/aromatic N) is 1. The molecule has 1 aromatic heterocycles. The van der Waals surface area contributed by atoms with Crippen molar-refractivity contribution in [3.8, 4) is 0 Å². The zero-order valence-electron chi connectivity index (χ0n) is 8.32. The fourth-order valence-corrected chi connectivity index (χ4v) is 2.66. The van der Waals surface area contributed by atoms with E-state index in [1.165, 1.54) is 0 Å². The highest BCUT2D eigenvalue weighted by molar-refractivity contribution is 9.10. The largest absolute Gasteiger partial charge is 0.251 e. The molecule has 1 heterocycles. The minimum Gasteiger partial charge on any atom is -0.251 e. The summed E-state index contributed by atoms with van der Waals surface area (Å²) in [6.07, 6.45) is 0.805. The number of pyridine rings is 1. The van der Waals surface area contributed by atoms with Crippen LogP contribution in [0.4, 0.5) is 0 Å². The lowest BCUT2D eigenvalue weighted by Gasteiger charge is -2.08. The highest BCUT2D eigenvalue weighted by Gasteiger charge is 2.12. The Kier molecular flexibility index (Phi) is 3.65. The molecule has 0 amide bonds. The molecule has 0 aliphatic rings. The quantitative estimate of drug-likeness (QED) is 0.623. The van der Waals surface area contributed by atoms with Gasteiger partial charge >= 0.3 is 0 Å². The fourth-order valence-electron chi connectivity index (χ4n) is 1.46. The van der Waals surface area contributed by atoms with Crippen molar-refractivity contribution >= 4 is 61.6 Å². The number of aromatic nitrogens is 1. The van der Waals surface area contributed by atoms with Crippen molar-refractivity contribution in [1.29, 1.82) is 0 Å². The molecule has 1 aromatic carbocycles. The third kappa shape index (κ3) is 2.04. The fraction of sp³-hybridized carbons (Fsp3) is 0.182. The van der Waals surface area contributed by atoms with E-state index in [0.717, 1.165) is 22.0 Å². The Morgan fingerprint density at radius 2 is 1.88 bits per heavy atom. The average Bonchev–Trinajstić information content (AvgIpc) is 2.27. The minimum atomic E-state index is 0.434. The van der Waals surface area contributed by atoms with Crippen molar-refractivity contribution in [3.05, 3.63) is 37.4 Å². The predicted molar refractivity (Wildman–Crippen MR) is 73.9 cm³/mol. The molecule has 16 heavy (non-hydrogen) atoms. The molecule has 84 valence electrons. The Bertz CT molecular complexity index is 569. The first-order chi connectivity index (χ1) is 7.54. The second kappa shape index (κ2) is 4.69. The Morgan fingerprint density at radius 1 is 1.19 bits per heavy atom. The zero-order chi connectivity index (χ0) is 11.9. The lowest BCUT2D eigenvalue weighted by molar-refractivity contribution is 1.06. The van der Waals surface area contributed by atoms with Gasteiger partial charge in [-0.25, -0.2) is 0 Å². The first-order valence-corrected chi connectivity index (χ1v) is 6.60. The van der Waals surface area contributed by atoms with Gasteiger partial charge in [0.25, 0.3) is 0 Å². The van der Waals surface area contributed by atoms with Crippen LogP contribution in [0.3, 0.4) is 0 Å². The van der Waals surface area contributed by atoms with Gasteiger partial charge in [0.1, 0.15) is 0 Å². The average molecular weight is 339 g/mol. The molecule has 0 unspecified atom stereocenters. The summed E-state index contributed by atoms with van der Waals surface area (Å²) in [5.41, 5.74) is 1.55. The van der Waals surface area contributed by atoms with Gasteiger partial charge in [0.15, 0.2) is 0 Å². The van der Waals surface area contributed by atoms with E-state index in [4.69, 9.17) is 34.8 Å². The summed E-state index contributed by atoms with van der Waals surface area (Å²) < 4.78 is 0.722. The molecule has 0 spiro atoms. The number of hydrogen-bond acceptors (Lipinski definition) is 1. The normalized spacial score (nSPS) is 11.1.